The summed E-state index contributed by atoms with van der Waals surface area (Å²) in [6.07, 6.45) is 11.6. The minimum atomic E-state index is -0.297. The molecule has 47 heavy (non-hydrogen) atoms. The van der Waals surface area contributed by atoms with E-state index in [9.17, 15) is 9.59 Å². The molecule has 0 radical (unpaired) electrons. The van der Waals surface area contributed by atoms with E-state index in [1.807, 2.05) is 76.7 Å². The average molecular weight is 649 g/mol. The third kappa shape index (κ3) is 10.3. The molecule has 262 valence electrons. The normalized spacial score (nSPS) is 17.8. The fraction of sp³-hybridized carbons (Fsp3) is 0.641. The second-order valence-electron chi connectivity index (χ2n) is 14.2. The third-order valence-corrected chi connectivity index (χ3v) is 9.98. The van der Waals surface area contributed by atoms with Crippen molar-refractivity contribution in [2.45, 2.75) is 135 Å². The predicted molar refractivity (Wildman–Crippen MR) is 201 cm³/mol. The van der Waals surface area contributed by atoms with E-state index in [1.165, 1.54) is 0 Å². The van der Waals surface area contributed by atoms with Crippen LogP contribution in [0, 0.1) is 0 Å². The molecule has 2 aromatic rings. The van der Waals surface area contributed by atoms with Crippen molar-refractivity contribution in [1.82, 2.24) is 9.80 Å². The molecule has 3 rings (SSSR count). The minimum absolute atomic E-state index is 0.00582. The summed E-state index contributed by atoms with van der Waals surface area (Å²) in [5.41, 5.74) is 3.54. The number of hydrogen-bond donors (Lipinski definition) is 2. The second kappa shape index (κ2) is 18.2. The van der Waals surface area contributed by atoms with Crippen LogP contribution in [-0.4, -0.2) is 73.7 Å². The van der Waals surface area contributed by atoms with E-state index in [0.717, 1.165) is 99.8 Å². The zero-order valence-electron chi connectivity index (χ0n) is 30.9. The topological polar surface area (TPSA) is 71.2 Å². The summed E-state index contributed by atoms with van der Waals surface area (Å²) in [5.74, 6) is 0. The van der Waals surface area contributed by atoms with E-state index in [2.05, 4.69) is 64.9 Å². The van der Waals surface area contributed by atoms with E-state index in [1.54, 1.807) is 0 Å². The Morgan fingerprint density at radius 1 is 0.660 bits per heavy atom. The van der Waals surface area contributed by atoms with Crippen molar-refractivity contribution in [2.75, 3.05) is 48.6 Å². The van der Waals surface area contributed by atoms with Crippen LogP contribution in [0.1, 0.15) is 112 Å². The van der Waals surface area contributed by atoms with Crippen molar-refractivity contribution in [1.29, 1.82) is 0 Å². The fourth-order valence-corrected chi connectivity index (χ4v) is 7.44. The zero-order chi connectivity index (χ0) is 34.6. The Labute approximate surface area is 286 Å². The first-order valence-corrected chi connectivity index (χ1v) is 18.2. The number of nitrogens with zero attached hydrogens (tertiary/aromatic N) is 4. The summed E-state index contributed by atoms with van der Waals surface area (Å²) in [5, 5.41) is 6.51. The van der Waals surface area contributed by atoms with Crippen molar-refractivity contribution in [2.24, 2.45) is 0 Å². The van der Waals surface area contributed by atoms with Gasteiger partial charge in [-0.25, -0.2) is 9.59 Å². The smallest absolute Gasteiger partial charge is 0.322 e. The lowest BCUT2D eigenvalue weighted by molar-refractivity contribution is 0.0292. The van der Waals surface area contributed by atoms with Gasteiger partial charge in [-0.15, -0.1) is 0 Å². The van der Waals surface area contributed by atoms with Crippen molar-refractivity contribution >= 4 is 34.8 Å². The molecule has 0 bridgehead atoms. The van der Waals surface area contributed by atoms with E-state index < -0.39 is 0 Å². The quantitative estimate of drug-likeness (QED) is 0.190. The van der Waals surface area contributed by atoms with E-state index in [4.69, 9.17) is 0 Å². The van der Waals surface area contributed by atoms with Crippen molar-refractivity contribution in [3.63, 3.8) is 0 Å². The lowest BCUT2D eigenvalue weighted by Crippen LogP contribution is -2.60. The Hall–Kier alpha value is -3.42. The maximum absolute atomic E-state index is 14.2. The highest BCUT2D eigenvalue weighted by atomic mass is 16.2. The van der Waals surface area contributed by atoms with Gasteiger partial charge in [0.15, 0.2) is 0 Å². The number of anilines is 4. The van der Waals surface area contributed by atoms with Crippen LogP contribution in [0.3, 0.4) is 0 Å². The molecule has 0 spiro atoms. The maximum Gasteiger partial charge on any atom is 0.322 e. The van der Waals surface area contributed by atoms with Gasteiger partial charge in [0.2, 0.25) is 0 Å². The molecule has 0 heterocycles. The van der Waals surface area contributed by atoms with E-state index >= 15 is 0 Å². The first-order chi connectivity index (χ1) is 22.5. The molecule has 1 fully saturated rings. The summed E-state index contributed by atoms with van der Waals surface area (Å²) < 4.78 is 0. The van der Waals surface area contributed by atoms with Crippen LogP contribution in [0.4, 0.5) is 32.3 Å². The number of urea groups is 2. The molecule has 0 aliphatic heterocycles. The Balaban J connectivity index is 1.86. The molecule has 2 aromatic carbocycles. The molecule has 0 unspecified atom stereocenters. The summed E-state index contributed by atoms with van der Waals surface area (Å²) >= 11 is 0. The first kappa shape index (κ1) is 38.0. The number of carbonyl (C=O) groups is 2. The Morgan fingerprint density at radius 2 is 1.04 bits per heavy atom. The minimum Gasteiger partial charge on any atom is -0.378 e. The second-order valence-corrected chi connectivity index (χ2v) is 14.2. The standard InChI is InChI=1S/C39H64N6O2/c1-10-14-34(15-11-2)44(37(46)40-30-18-22-32(23-19-30)42(6)7)35-26-28-39(5,29-27-35)45(36(16-12-3)17-13-4)38(47)41-31-20-24-33(25-21-31)43(8)9/h18-25,34-36H,10-17,26-29H2,1-9H3,(H,40,46)(H,41,47). The van der Waals surface area contributed by atoms with Gasteiger partial charge in [-0.2, -0.15) is 0 Å². The van der Waals surface area contributed by atoms with Crippen LogP contribution in [0.25, 0.3) is 0 Å². The molecule has 8 heteroatoms. The van der Waals surface area contributed by atoms with Crippen LogP contribution in [0.2, 0.25) is 0 Å². The number of carbonyl (C=O) groups excluding carboxylic acids is 2. The molecule has 1 aliphatic rings. The molecule has 1 aliphatic carbocycles. The Bertz CT molecular complexity index is 1210. The maximum atomic E-state index is 14.2. The lowest BCUT2D eigenvalue weighted by Gasteiger charge is -2.51. The van der Waals surface area contributed by atoms with Crippen molar-refractivity contribution in [3.05, 3.63) is 48.5 Å². The fourth-order valence-electron chi connectivity index (χ4n) is 7.44. The molecule has 4 amide bonds. The van der Waals surface area contributed by atoms with E-state index in [0.29, 0.717) is 0 Å². The molecule has 2 N–H and O–H groups in total. The molecule has 0 aromatic heterocycles. The number of rotatable bonds is 16. The Kier molecular flexibility index (Phi) is 14.7. The number of benzene rings is 2. The van der Waals surface area contributed by atoms with Crippen LogP contribution in [0.5, 0.6) is 0 Å². The molecular formula is C39H64N6O2. The predicted octanol–water partition coefficient (Wildman–Crippen LogP) is 9.83. The van der Waals surface area contributed by atoms with Crippen LogP contribution in [-0.2, 0) is 0 Å². The van der Waals surface area contributed by atoms with Gasteiger partial charge in [-0.3, -0.25) is 0 Å². The van der Waals surface area contributed by atoms with Crippen LogP contribution in [0.15, 0.2) is 48.5 Å². The van der Waals surface area contributed by atoms with Gasteiger partial charge in [0.25, 0.3) is 0 Å². The SMILES string of the molecule is CCCC(CCC)N(C(=O)Nc1ccc(N(C)C)cc1)C1CCC(C)(N(C(=O)Nc2ccc(N(C)C)cc2)C(CCC)CCC)CC1. The van der Waals surface area contributed by atoms with Gasteiger partial charge in [0.1, 0.15) is 0 Å². The lowest BCUT2D eigenvalue weighted by atomic mass is 9.77. The van der Waals surface area contributed by atoms with Crippen LogP contribution >= 0.6 is 0 Å². The number of hydrogen-bond acceptors (Lipinski definition) is 4. The van der Waals surface area contributed by atoms with Gasteiger partial charge in [0, 0.05) is 74.6 Å². The summed E-state index contributed by atoms with van der Waals surface area (Å²) in [6.45, 7) is 11.1. The van der Waals surface area contributed by atoms with Gasteiger partial charge in [0.05, 0.1) is 0 Å². The first-order valence-electron chi connectivity index (χ1n) is 18.2. The van der Waals surface area contributed by atoms with Gasteiger partial charge in [-0.1, -0.05) is 53.4 Å². The molecule has 8 nitrogen and oxygen atoms in total. The highest BCUT2D eigenvalue weighted by Gasteiger charge is 2.44. The van der Waals surface area contributed by atoms with Gasteiger partial charge < -0.3 is 30.2 Å². The zero-order valence-corrected chi connectivity index (χ0v) is 30.9. The summed E-state index contributed by atoms with van der Waals surface area (Å²) in [7, 11) is 8.08. The number of nitrogens with one attached hydrogen (secondary N) is 2. The molecular weight excluding hydrogens is 584 g/mol. The van der Waals surface area contributed by atoms with Crippen molar-refractivity contribution in [3.8, 4) is 0 Å². The largest absolute Gasteiger partial charge is 0.378 e. The van der Waals surface area contributed by atoms with Gasteiger partial charge >= 0.3 is 12.1 Å². The average Bonchev–Trinajstić information content (AvgIpc) is 3.03. The van der Waals surface area contributed by atoms with Crippen LogP contribution < -0.4 is 20.4 Å². The molecule has 0 saturated heterocycles. The third-order valence-electron chi connectivity index (χ3n) is 9.98. The monoisotopic (exact) mass is 649 g/mol. The number of amides is 4. The van der Waals surface area contributed by atoms with Gasteiger partial charge in [-0.05, 0) is 107 Å². The highest BCUT2D eigenvalue weighted by molar-refractivity contribution is 5.91. The summed E-state index contributed by atoms with van der Waals surface area (Å²) in [6, 6.07) is 16.6. The highest BCUT2D eigenvalue weighted by Crippen LogP contribution is 2.40. The Morgan fingerprint density at radius 3 is 1.43 bits per heavy atom. The molecule has 0 atom stereocenters. The van der Waals surface area contributed by atoms with Crippen molar-refractivity contribution < 1.29 is 9.59 Å². The molecule has 1 saturated carbocycles. The summed E-state index contributed by atoms with van der Waals surface area (Å²) in [4.78, 5) is 36.8. The van der Waals surface area contributed by atoms with E-state index in [-0.39, 0.29) is 35.7 Å².